The molecule has 0 spiro atoms. The van der Waals surface area contributed by atoms with Crippen LogP contribution in [0.3, 0.4) is 0 Å². The van der Waals surface area contributed by atoms with Gasteiger partial charge in [0, 0.05) is 6.20 Å². The number of nitrogens with two attached hydrogens (primary N) is 1. The van der Waals surface area contributed by atoms with Crippen molar-refractivity contribution >= 4 is 16.6 Å². The second-order valence-corrected chi connectivity index (χ2v) is 4.25. The number of hydrogen-bond acceptors (Lipinski definition) is 4. The van der Waals surface area contributed by atoms with Gasteiger partial charge in [-0.05, 0) is 29.0 Å². The number of rotatable bonds is 3. The van der Waals surface area contributed by atoms with Gasteiger partial charge in [0.05, 0.1) is 0 Å². The van der Waals surface area contributed by atoms with Crippen molar-refractivity contribution in [2.45, 2.75) is 0 Å². The highest BCUT2D eigenvalue weighted by Crippen LogP contribution is 2.23. The summed E-state index contributed by atoms with van der Waals surface area (Å²) in [6.45, 7) is 0. The molecule has 0 fully saturated rings. The first-order valence-electron chi connectivity index (χ1n) is 6.06. The summed E-state index contributed by atoms with van der Waals surface area (Å²) >= 11 is 0. The topological polar surface area (TPSA) is 84.9 Å². The first-order valence-corrected chi connectivity index (χ1v) is 6.06. The van der Waals surface area contributed by atoms with Crippen LogP contribution in [0.15, 0.2) is 54.7 Å². The molecule has 5 nitrogen and oxygen atoms in total. The molecule has 0 saturated heterocycles. The summed E-state index contributed by atoms with van der Waals surface area (Å²) in [5.41, 5.74) is 5.73. The maximum atomic E-state index is 7.35. The highest BCUT2D eigenvalue weighted by molar-refractivity contribution is 5.92. The molecule has 3 rings (SSSR count). The molecular weight excluding hydrogens is 252 g/mol. The third kappa shape index (κ3) is 2.42. The minimum atomic E-state index is -0.115. The van der Waals surface area contributed by atoms with Crippen LogP contribution in [0.2, 0.25) is 0 Å². The Morgan fingerprint density at radius 1 is 1.05 bits per heavy atom. The molecule has 0 saturated carbocycles. The van der Waals surface area contributed by atoms with Gasteiger partial charge in [0.2, 0.25) is 0 Å². The van der Waals surface area contributed by atoms with Crippen LogP contribution in [0.1, 0.15) is 5.69 Å². The van der Waals surface area contributed by atoms with Crippen molar-refractivity contribution in [1.82, 2.24) is 9.97 Å². The summed E-state index contributed by atoms with van der Waals surface area (Å²) in [5.74, 6) is 0.528. The van der Waals surface area contributed by atoms with Gasteiger partial charge in [-0.3, -0.25) is 5.41 Å². The Hall–Kier alpha value is -2.95. The number of amidine groups is 1. The van der Waals surface area contributed by atoms with E-state index in [0.29, 0.717) is 11.4 Å². The zero-order valence-electron chi connectivity index (χ0n) is 10.6. The van der Waals surface area contributed by atoms with Crippen LogP contribution in [0.5, 0.6) is 11.8 Å². The normalized spacial score (nSPS) is 10.4. The molecule has 0 aliphatic heterocycles. The van der Waals surface area contributed by atoms with E-state index in [1.165, 1.54) is 6.20 Å². The second kappa shape index (κ2) is 4.97. The van der Waals surface area contributed by atoms with Gasteiger partial charge in [0.15, 0.2) is 0 Å². The quantitative estimate of drug-likeness (QED) is 0.562. The van der Waals surface area contributed by atoms with Gasteiger partial charge in [-0.2, -0.15) is 4.98 Å². The van der Waals surface area contributed by atoms with E-state index in [1.807, 2.05) is 42.5 Å². The first kappa shape index (κ1) is 12.1. The summed E-state index contributed by atoms with van der Waals surface area (Å²) in [7, 11) is 0. The predicted octanol–water partition coefficient (Wildman–Crippen LogP) is 2.71. The number of benzene rings is 2. The van der Waals surface area contributed by atoms with Crippen LogP contribution in [0.25, 0.3) is 10.8 Å². The fourth-order valence-electron chi connectivity index (χ4n) is 1.88. The summed E-state index contributed by atoms with van der Waals surface area (Å²) in [5, 5.41) is 9.57. The molecule has 3 N–H and O–H groups in total. The fourth-order valence-corrected chi connectivity index (χ4v) is 1.88. The van der Waals surface area contributed by atoms with Crippen LogP contribution in [-0.4, -0.2) is 15.8 Å². The van der Waals surface area contributed by atoms with Crippen LogP contribution < -0.4 is 10.5 Å². The average Bonchev–Trinajstić information content (AvgIpc) is 2.47. The van der Waals surface area contributed by atoms with E-state index < -0.39 is 0 Å². The molecule has 0 radical (unpaired) electrons. The lowest BCUT2D eigenvalue weighted by Crippen LogP contribution is -2.13. The molecule has 20 heavy (non-hydrogen) atoms. The highest BCUT2D eigenvalue weighted by Gasteiger charge is 2.04. The zero-order valence-corrected chi connectivity index (χ0v) is 10.6. The van der Waals surface area contributed by atoms with Gasteiger partial charge in [0.25, 0.3) is 0 Å². The predicted molar refractivity (Wildman–Crippen MR) is 77.1 cm³/mol. The standard InChI is InChI=1S/C15H12N4O/c16-14(17)13-7-8-18-15(19-13)20-12-6-5-10-3-1-2-4-11(10)9-12/h1-9H,(H3,16,17). The maximum absolute atomic E-state index is 7.35. The lowest BCUT2D eigenvalue weighted by atomic mass is 10.1. The molecule has 1 heterocycles. The minimum absolute atomic E-state index is 0.115. The second-order valence-electron chi connectivity index (χ2n) is 4.25. The largest absolute Gasteiger partial charge is 0.424 e. The van der Waals surface area contributed by atoms with Crippen LogP contribution >= 0.6 is 0 Å². The molecule has 0 aliphatic rings. The van der Waals surface area contributed by atoms with Crippen LogP contribution in [0, 0.1) is 5.41 Å². The van der Waals surface area contributed by atoms with Crippen molar-refractivity contribution in [3.63, 3.8) is 0 Å². The number of ether oxygens (including phenoxy) is 1. The summed E-state index contributed by atoms with van der Waals surface area (Å²) < 4.78 is 5.60. The highest BCUT2D eigenvalue weighted by atomic mass is 16.5. The SMILES string of the molecule is N=C(N)c1ccnc(Oc2ccc3ccccc3c2)n1. The van der Waals surface area contributed by atoms with Crippen molar-refractivity contribution in [2.75, 3.05) is 0 Å². The number of aromatic nitrogens is 2. The van der Waals surface area contributed by atoms with Gasteiger partial charge < -0.3 is 10.5 Å². The Balaban J connectivity index is 1.92. The summed E-state index contributed by atoms with van der Waals surface area (Å²) in [4.78, 5) is 8.08. The summed E-state index contributed by atoms with van der Waals surface area (Å²) in [6, 6.07) is 15.5. The van der Waals surface area contributed by atoms with Crippen molar-refractivity contribution in [3.8, 4) is 11.8 Å². The molecule has 0 bridgehead atoms. The molecule has 1 aromatic heterocycles. The zero-order chi connectivity index (χ0) is 13.9. The Labute approximate surface area is 115 Å². The van der Waals surface area contributed by atoms with Crippen molar-refractivity contribution in [1.29, 1.82) is 5.41 Å². The molecule has 0 amide bonds. The first-order chi connectivity index (χ1) is 9.72. The van der Waals surface area contributed by atoms with Crippen LogP contribution in [0.4, 0.5) is 0 Å². The third-order valence-corrected chi connectivity index (χ3v) is 2.84. The molecule has 3 aromatic rings. The lowest BCUT2D eigenvalue weighted by molar-refractivity contribution is 0.442. The van der Waals surface area contributed by atoms with Crippen LogP contribution in [-0.2, 0) is 0 Å². The van der Waals surface area contributed by atoms with E-state index in [9.17, 15) is 0 Å². The maximum Gasteiger partial charge on any atom is 0.322 e. The number of nitrogen functional groups attached to an aromatic ring is 1. The van der Waals surface area contributed by atoms with E-state index in [2.05, 4.69) is 9.97 Å². The molecule has 0 atom stereocenters. The molecule has 0 aliphatic carbocycles. The van der Waals surface area contributed by atoms with Crippen molar-refractivity contribution in [2.24, 2.45) is 5.73 Å². The monoisotopic (exact) mass is 264 g/mol. The van der Waals surface area contributed by atoms with Crippen molar-refractivity contribution < 1.29 is 4.74 Å². The number of hydrogen-bond donors (Lipinski definition) is 2. The van der Waals surface area contributed by atoms with Gasteiger partial charge in [-0.1, -0.05) is 30.3 Å². The third-order valence-electron chi connectivity index (χ3n) is 2.84. The summed E-state index contributed by atoms with van der Waals surface area (Å²) in [6.07, 6.45) is 1.51. The Morgan fingerprint density at radius 2 is 1.85 bits per heavy atom. The minimum Gasteiger partial charge on any atom is -0.424 e. The van der Waals surface area contributed by atoms with E-state index in [4.69, 9.17) is 15.9 Å². The fraction of sp³-hybridized carbons (Fsp3) is 0. The molecule has 98 valence electrons. The van der Waals surface area contributed by atoms with Gasteiger partial charge in [-0.25, -0.2) is 4.98 Å². The van der Waals surface area contributed by atoms with E-state index in [1.54, 1.807) is 6.07 Å². The van der Waals surface area contributed by atoms with E-state index in [-0.39, 0.29) is 11.8 Å². The Morgan fingerprint density at radius 3 is 2.65 bits per heavy atom. The molecular formula is C15H12N4O. The average molecular weight is 264 g/mol. The van der Waals surface area contributed by atoms with Gasteiger partial charge in [-0.15, -0.1) is 0 Å². The number of fused-ring (bicyclic) bond motifs is 1. The Kier molecular flexibility index (Phi) is 3.01. The smallest absolute Gasteiger partial charge is 0.322 e. The molecule has 0 unspecified atom stereocenters. The molecule has 5 heteroatoms. The number of nitrogens with one attached hydrogen (secondary N) is 1. The van der Waals surface area contributed by atoms with E-state index in [0.717, 1.165) is 10.8 Å². The van der Waals surface area contributed by atoms with Crippen molar-refractivity contribution in [3.05, 3.63) is 60.4 Å². The van der Waals surface area contributed by atoms with Gasteiger partial charge in [0.1, 0.15) is 17.3 Å². The number of nitrogens with zero attached hydrogens (tertiary/aromatic N) is 2. The Bertz CT molecular complexity index is 785. The lowest BCUT2D eigenvalue weighted by Gasteiger charge is -2.06. The molecule has 2 aromatic carbocycles. The van der Waals surface area contributed by atoms with Gasteiger partial charge >= 0.3 is 6.01 Å². The van der Waals surface area contributed by atoms with E-state index >= 15 is 0 Å².